The van der Waals surface area contributed by atoms with Gasteiger partial charge in [-0.05, 0) is 42.9 Å². The van der Waals surface area contributed by atoms with Crippen LogP contribution in [0.15, 0.2) is 12.2 Å². The Morgan fingerprint density at radius 1 is 0.750 bits per heavy atom. The molecular weight excluding hydrogens is 456 g/mol. The standard InChI is InChI=1S/C15H26O3.C15H24O3/c2*1-6-11(2)13(17)18-10-12(16)15(5)9-7-8-14(15,3)4/h11H,6-10H2,1-5H3;7-8,11H,6,9-10H2,1-5H3. The topological polar surface area (TPSA) is 86.7 Å². The lowest BCUT2D eigenvalue weighted by Crippen LogP contribution is -2.40. The number of hydrogen-bond donors (Lipinski definition) is 0. The van der Waals surface area contributed by atoms with Crippen LogP contribution in [-0.4, -0.2) is 36.7 Å². The minimum absolute atomic E-state index is 0.00681. The third-order valence-corrected chi connectivity index (χ3v) is 9.41. The zero-order valence-corrected chi connectivity index (χ0v) is 24.4. The lowest BCUT2D eigenvalue weighted by atomic mass is 9.66. The summed E-state index contributed by atoms with van der Waals surface area (Å²) in [5.74, 6) is -0.721. The summed E-state index contributed by atoms with van der Waals surface area (Å²) in [5, 5.41) is 0. The number of ketones is 2. The van der Waals surface area contributed by atoms with Gasteiger partial charge in [-0.2, -0.15) is 0 Å². The Morgan fingerprint density at radius 3 is 1.53 bits per heavy atom. The molecule has 0 aliphatic heterocycles. The Morgan fingerprint density at radius 2 is 1.19 bits per heavy atom. The van der Waals surface area contributed by atoms with E-state index < -0.39 is 5.41 Å². The lowest BCUT2D eigenvalue weighted by molar-refractivity contribution is -0.155. The molecule has 0 aromatic rings. The second kappa shape index (κ2) is 12.5. The zero-order valence-electron chi connectivity index (χ0n) is 24.4. The number of esters is 2. The van der Waals surface area contributed by atoms with E-state index in [2.05, 4.69) is 19.9 Å². The Kier molecular flexibility index (Phi) is 11.1. The Hall–Kier alpha value is -1.98. The first-order valence-corrected chi connectivity index (χ1v) is 13.6. The molecule has 36 heavy (non-hydrogen) atoms. The van der Waals surface area contributed by atoms with Gasteiger partial charge in [0, 0.05) is 10.8 Å². The molecule has 6 nitrogen and oxygen atoms in total. The van der Waals surface area contributed by atoms with Crippen LogP contribution in [0, 0.1) is 33.5 Å². The highest BCUT2D eigenvalue weighted by atomic mass is 16.5. The molecule has 0 bridgehead atoms. The number of ether oxygens (including phenoxy) is 2. The van der Waals surface area contributed by atoms with Crippen LogP contribution in [0.3, 0.4) is 0 Å². The highest BCUT2D eigenvalue weighted by Crippen LogP contribution is 2.53. The molecule has 2 aliphatic rings. The molecule has 0 amide bonds. The van der Waals surface area contributed by atoms with Crippen molar-refractivity contribution in [3.05, 3.63) is 12.2 Å². The maximum Gasteiger partial charge on any atom is 0.309 e. The molecule has 0 heterocycles. The van der Waals surface area contributed by atoms with E-state index in [0.29, 0.717) is 0 Å². The van der Waals surface area contributed by atoms with Crippen molar-refractivity contribution in [3.8, 4) is 0 Å². The second-order valence-electron chi connectivity index (χ2n) is 12.4. The third kappa shape index (κ3) is 7.07. The van der Waals surface area contributed by atoms with Gasteiger partial charge in [-0.3, -0.25) is 19.2 Å². The predicted octanol–water partition coefficient (Wildman–Crippen LogP) is 6.50. The molecule has 0 spiro atoms. The van der Waals surface area contributed by atoms with E-state index in [4.69, 9.17) is 9.47 Å². The van der Waals surface area contributed by atoms with Gasteiger partial charge in [0.25, 0.3) is 0 Å². The predicted molar refractivity (Wildman–Crippen MR) is 142 cm³/mol. The summed E-state index contributed by atoms with van der Waals surface area (Å²) < 4.78 is 10.3. The first-order valence-electron chi connectivity index (χ1n) is 13.6. The Balaban J connectivity index is 0.000000360. The average molecular weight is 507 g/mol. The molecule has 0 radical (unpaired) electrons. The van der Waals surface area contributed by atoms with Crippen molar-refractivity contribution in [2.45, 2.75) is 108 Å². The monoisotopic (exact) mass is 506 g/mol. The number of Topliss-reactive ketones (excluding diaryl/α,β-unsaturated/α-hetero) is 2. The van der Waals surface area contributed by atoms with E-state index in [1.165, 1.54) is 0 Å². The summed E-state index contributed by atoms with van der Waals surface area (Å²) in [6.45, 7) is 19.7. The van der Waals surface area contributed by atoms with E-state index in [-0.39, 0.29) is 64.8 Å². The number of carbonyl (C=O) groups excluding carboxylic acids is 4. The molecular formula is C30H50O6. The summed E-state index contributed by atoms with van der Waals surface area (Å²) in [6, 6.07) is 0. The van der Waals surface area contributed by atoms with Crippen LogP contribution in [0.5, 0.6) is 0 Å². The first kappa shape index (κ1) is 32.0. The normalized spacial score (nSPS) is 27.4. The van der Waals surface area contributed by atoms with E-state index in [0.717, 1.165) is 38.5 Å². The van der Waals surface area contributed by atoms with Gasteiger partial charge in [0.05, 0.1) is 11.8 Å². The first-order chi connectivity index (χ1) is 16.5. The number of hydrogen-bond acceptors (Lipinski definition) is 6. The maximum absolute atomic E-state index is 12.3. The molecule has 4 atom stereocenters. The second-order valence-corrected chi connectivity index (χ2v) is 12.4. The van der Waals surface area contributed by atoms with Crippen LogP contribution in [0.1, 0.15) is 108 Å². The van der Waals surface area contributed by atoms with Crippen LogP contribution < -0.4 is 0 Å². The largest absolute Gasteiger partial charge is 0.457 e. The fraction of sp³-hybridized carbons (Fsp3) is 0.800. The highest BCUT2D eigenvalue weighted by Gasteiger charge is 2.50. The molecule has 0 N–H and O–H groups in total. The van der Waals surface area contributed by atoms with E-state index >= 15 is 0 Å². The van der Waals surface area contributed by atoms with Crippen molar-refractivity contribution in [1.82, 2.24) is 0 Å². The van der Waals surface area contributed by atoms with Gasteiger partial charge in [0.1, 0.15) is 0 Å². The van der Waals surface area contributed by atoms with Crippen molar-refractivity contribution in [3.63, 3.8) is 0 Å². The molecule has 0 aromatic heterocycles. The van der Waals surface area contributed by atoms with Gasteiger partial charge < -0.3 is 9.47 Å². The maximum atomic E-state index is 12.3. The van der Waals surface area contributed by atoms with Gasteiger partial charge in [0.2, 0.25) is 0 Å². The van der Waals surface area contributed by atoms with Gasteiger partial charge in [-0.1, -0.05) is 87.8 Å². The van der Waals surface area contributed by atoms with Gasteiger partial charge in [-0.25, -0.2) is 0 Å². The molecule has 2 aliphatic carbocycles. The van der Waals surface area contributed by atoms with Gasteiger partial charge >= 0.3 is 11.9 Å². The van der Waals surface area contributed by atoms with Crippen molar-refractivity contribution >= 4 is 23.5 Å². The Labute approximate surface area is 219 Å². The molecule has 1 saturated carbocycles. The number of rotatable bonds is 10. The van der Waals surface area contributed by atoms with Crippen LogP contribution >= 0.6 is 0 Å². The third-order valence-electron chi connectivity index (χ3n) is 9.41. The van der Waals surface area contributed by atoms with Crippen LogP contribution in [-0.2, 0) is 28.7 Å². The quantitative estimate of drug-likeness (QED) is 0.248. The molecule has 4 unspecified atom stereocenters. The minimum Gasteiger partial charge on any atom is -0.457 e. The fourth-order valence-corrected chi connectivity index (χ4v) is 4.73. The summed E-state index contributed by atoms with van der Waals surface area (Å²) >= 11 is 0. The minimum atomic E-state index is -0.456. The summed E-state index contributed by atoms with van der Waals surface area (Å²) in [5.41, 5.74) is -0.967. The summed E-state index contributed by atoms with van der Waals surface area (Å²) in [7, 11) is 0. The Bertz CT molecular complexity index is 800. The molecule has 0 aromatic carbocycles. The molecule has 6 heteroatoms. The van der Waals surface area contributed by atoms with Crippen molar-refractivity contribution in [2.24, 2.45) is 33.5 Å². The van der Waals surface area contributed by atoms with Crippen LogP contribution in [0.2, 0.25) is 0 Å². The summed E-state index contributed by atoms with van der Waals surface area (Å²) in [6.07, 6.45) is 9.35. The number of allylic oxidation sites excluding steroid dienone is 2. The van der Waals surface area contributed by atoms with E-state index in [1.54, 1.807) is 0 Å². The van der Waals surface area contributed by atoms with E-state index in [1.807, 2.05) is 61.5 Å². The van der Waals surface area contributed by atoms with Crippen LogP contribution in [0.25, 0.3) is 0 Å². The van der Waals surface area contributed by atoms with Gasteiger partial charge in [-0.15, -0.1) is 0 Å². The average Bonchev–Trinajstić information content (AvgIpc) is 3.27. The molecule has 0 saturated heterocycles. The SMILES string of the molecule is CCC(C)C(=O)OCC(=O)C1(C)CC=CC1(C)C.CCC(C)C(=O)OCC(=O)C1(C)CCCC1(C)C. The van der Waals surface area contributed by atoms with Crippen molar-refractivity contribution < 1.29 is 28.7 Å². The molecule has 2 rings (SSSR count). The fourth-order valence-electron chi connectivity index (χ4n) is 4.73. The molecule has 1 fully saturated rings. The highest BCUT2D eigenvalue weighted by molar-refractivity contribution is 5.89. The van der Waals surface area contributed by atoms with Crippen molar-refractivity contribution in [1.29, 1.82) is 0 Å². The van der Waals surface area contributed by atoms with E-state index in [9.17, 15) is 19.2 Å². The summed E-state index contributed by atoms with van der Waals surface area (Å²) in [4.78, 5) is 47.8. The molecule has 206 valence electrons. The number of carbonyl (C=O) groups is 4. The van der Waals surface area contributed by atoms with Crippen LogP contribution in [0.4, 0.5) is 0 Å². The van der Waals surface area contributed by atoms with Gasteiger partial charge in [0.15, 0.2) is 24.8 Å². The lowest BCUT2D eigenvalue weighted by Gasteiger charge is -2.36. The smallest absolute Gasteiger partial charge is 0.309 e. The zero-order chi connectivity index (χ0) is 27.9. The van der Waals surface area contributed by atoms with Crippen molar-refractivity contribution in [2.75, 3.05) is 13.2 Å².